The van der Waals surface area contributed by atoms with Crippen LogP contribution < -0.4 is 10.4 Å². The zero-order valence-corrected chi connectivity index (χ0v) is 11.8. The first-order chi connectivity index (χ1) is 8.95. The van der Waals surface area contributed by atoms with Crippen LogP contribution in [0, 0.1) is 12.8 Å². The molecule has 1 aromatic carbocycles. The minimum Gasteiger partial charge on any atom is -0.493 e. The summed E-state index contributed by atoms with van der Waals surface area (Å²) in [6.07, 6.45) is 0.748. The summed E-state index contributed by atoms with van der Waals surface area (Å²) in [4.78, 5) is 11.3. The largest absolute Gasteiger partial charge is 0.493 e. The second-order valence-electron chi connectivity index (χ2n) is 4.88. The van der Waals surface area contributed by atoms with Crippen LogP contribution in [0.25, 0.3) is 11.0 Å². The first kappa shape index (κ1) is 12.8. The number of alkyl halides is 2. The number of halogens is 2. The summed E-state index contributed by atoms with van der Waals surface area (Å²) >= 11 is 11.9. The van der Waals surface area contributed by atoms with E-state index in [2.05, 4.69) is 0 Å². The molecule has 1 heterocycles. The smallest absolute Gasteiger partial charge is 0.336 e. The Balaban J connectivity index is 1.83. The maximum atomic E-state index is 11.3. The molecule has 1 atom stereocenters. The van der Waals surface area contributed by atoms with Crippen molar-refractivity contribution >= 4 is 34.2 Å². The first-order valence-corrected chi connectivity index (χ1v) is 6.76. The van der Waals surface area contributed by atoms with Crippen LogP contribution in [0.1, 0.15) is 12.0 Å². The molecule has 1 aromatic heterocycles. The summed E-state index contributed by atoms with van der Waals surface area (Å²) in [5, 5.41) is 0.905. The molecule has 0 radical (unpaired) electrons. The standard InChI is InChI=1S/C14H12Cl2O3/c1-8-4-13(17)19-12-5-10(2-3-11(8)12)18-7-9-6-14(9,15)16/h2-5,9H,6-7H2,1H3/t9-/m1/s1. The van der Waals surface area contributed by atoms with E-state index in [0.29, 0.717) is 17.9 Å². The van der Waals surface area contributed by atoms with Gasteiger partial charge in [0.25, 0.3) is 0 Å². The molecule has 19 heavy (non-hydrogen) atoms. The fraction of sp³-hybridized carbons (Fsp3) is 0.357. The van der Waals surface area contributed by atoms with Gasteiger partial charge in [-0.05, 0) is 31.0 Å². The molecule has 0 saturated heterocycles. The van der Waals surface area contributed by atoms with Crippen LogP contribution >= 0.6 is 23.2 Å². The van der Waals surface area contributed by atoms with E-state index < -0.39 is 4.33 Å². The Hall–Kier alpha value is -1.19. The van der Waals surface area contributed by atoms with Crippen LogP contribution in [-0.2, 0) is 0 Å². The van der Waals surface area contributed by atoms with Gasteiger partial charge in [-0.3, -0.25) is 0 Å². The Morgan fingerprint density at radius 1 is 1.42 bits per heavy atom. The topological polar surface area (TPSA) is 39.4 Å². The minimum atomic E-state index is -0.639. The summed E-state index contributed by atoms with van der Waals surface area (Å²) in [7, 11) is 0. The van der Waals surface area contributed by atoms with Gasteiger partial charge in [0.05, 0.1) is 6.61 Å². The van der Waals surface area contributed by atoms with E-state index in [0.717, 1.165) is 17.4 Å². The molecule has 0 aliphatic heterocycles. The Morgan fingerprint density at radius 3 is 2.84 bits per heavy atom. The van der Waals surface area contributed by atoms with Crippen LogP contribution in [0.2, 0.25) is 0 Å². The molecule has 0 unspecified atom stereocenters. The number of hydrogen-bond donors (Lipinski definition) is 0. The summed E-state index contributed by atoms with van der Waals surface area (Å²) in [6.45, 7) is 2.34. The maximum Gasteiger partial charge on any atom is 0.336 e. The third kappa shape index (κ3) is 2.58. The summed E-state index contributed by atoms with van der Waals surface area (Å²) in [5.41, 5.74) is 1.06. The van der Waals surface area contributed by atoms with Crippen molar-refractivity contribution in [3.05, 3.63) is 40.2 Å². The van der Waals surface area contributed by atoms with E-state index in [4.69, 9.17) is 32.4 Å². The van der Waals surface area contributed by atoms with E-state index in [9.17, 15) is 4.79 Å². The summed E-state index contributed by atoms with van der Waals surface area (Å²) in [5.74, 6) is 0.813. The number of aryl methyl sites for hydroxylation is 1. The van der Waals surface area contributed by atoms with Crippen molar-refractivity contribution in [3.63, 3.8) is 0 Å². The van der Waals surface area contributed by atoms with Gasteiger partial charge in [-0.25, -0.2) is 4.79 Å². The van der Waals surface area contributed by atoms with Gasteiger partial charge in [-0.1, -0.05) is 0 Å². The van der Waals surface area contributed by atoms with Crippen molar-refractivity contribution in [2.24, 2.45) is 5.92 Å². The first-order valence-electron chi connectivity index (χ1n) is 6.01. The van der Waals surface area contributed by atoms with Crippen LogP contribution in [0.5, 0.6) is 5.75 Å². The van der Waals surface area contributed by atoms with Gasteiger partial charge in [-0.2, -0.15) is 0 Å². The van der Waals surface area contributed by atoms with Crippen LogP contribution in [0.4, 0.5) is 0 Å². The SMILES string of the molecule is Cc1cc(=O)oc2cc(OC[C@H]3CC3(Cl)Cl)ccc12. The predicted octanol–water partition coefficient (Wildman–Crippen LogP) is 3.67. The molecule has 1 fully saturated rings. The lowest BCUT2D eigenvalue weighted by Gasteiger charge is -2.07. The van der Waals surface area contributed by atoms with Gasteiger partial charge in [-0.15, -0.1) is 23.2 Å². The molecule has 2 aromatic rings. The second kappa shape index (κ2) is 4.43. The van der Waals surface area contributed by atoms with Gasteiger partial charge in [0.15, 0.2) is 0 Å². The molecular formula is C14H12Cl2O3. The molecule has 0 spiro atoms. The summed E-state index contributed by atoms with van der Waals surface area (Å²) in [6, 6.07) is 6.92. The highest BCUT2D eigenvalue weighted by molar-refractivity contribution is 6.50. The fourth-order valence-electron chi connectivity index (χ4n) is 2.04. The van der Waals surface area contributed by atoms with Gasteiger partial charge in [0.2, 0.25) is 0 Å². The fourth-order valence-corrected chi connectivity index (χ4v) is 2.54. The van der Waals surface area contributed by atoms with Crippen LogP contribution in [0.3, 0.4) is 0 Å². The minimum absolute atomic E-state index is 0.163. The van der Waals surface area contributed by atoms with Crippen molar-refractivity contribution in [1.29, 1.82) is 0 Å². The highest BCUT2D eigenvalue weighted by atomic mass is 35.5. The van der Waals surface area contributed by atoms with Crippen molar-refractivity contribution in [1.82, 2.24) is 0 Å². The predicted molar refractivity (Wildman–Crippen MR) is 75.3 cm³/mol. The van der Waals surface area contributed by atoms with Gasteiger partial charge in [0, 0.05) is 23.4 Å². The maximum absolute atomic E-state index is 11.3. The third-order valence-electron chi connectivity index (χ3n) is 3.33. The van der Waals surface area contributed by atoms with Crippen molar-refractivity contribution in [2.45, 2.75) is 17.7 Å². The number of ether oxygens (including phenoxy) is 1. The normalized spacial score (nSPS) is 20.5. The second-order valence-corrected chi connectivity index (χ2v) is 6.42. The van der Waals surface area contributed by atoms with Crippen LogP contribution in [0.15, 0.2) is 33.5 Å². The Morgan fingerprint density at radius 2 is 2.16 bits per heavy atom. The average Bonchev–Trinajstić information content (AvgIpc) is 2.94. The van der Waals surface area contributed by atoms with Crippen LogP contribution in [-0.4, -0.2) is 10.9 Å². The number of rotatable bonds is 3. The van der Waals surface area contributed by atoms with Crippen molar-refractivity contribution < 1.29 is 9.15 Å². The average molecular weight is 299 g/mol. The molecule has 0 amide bonds. The van der Waals surface area contributed by atoms with Crippen molar-refractivity contribution in [3.8, 4) is 5.75 Å². The highest BCUT2D eigenvalue weighted by Crippen LogP contribution is 2.53. The number of fused-ring (bicyclic) bond motifs is 1. The molecule has 5 heteroatoms. The quantitative estimate of drug-likeness (QED) is 0.641. The molecule has 3 nitrogen and oxygen atoms in total. The molecule has 3 rings (SSSR count). The zero-order valence-electron chi connectivity index (χ0n) is 10.3. The van der Waals surface area contributed by atoms with E-state index in [-0.39, 0.29) is 11.5 Å². The molecule has 0 bridgehead atoms. The van der Waals surface area contributed by atoms with Crippen molar-refractivity contribution in [2.75, 3.05) is 6.61 Å². The zero-order chi connectivity index (χ0) is 13.6. The Kier molecular flexibility index (Phi) is 2.99. The molecular weight excluding hydrogens is 287 g/mol. The van der Waals surface area contributed by atoms with E-state index in [1.54, 1.807) is 6.07 Å². The lowest BCUT2D eigenvalue weighted by molar-refractivity contribution is 0.298. The van der Waals surface area contributed by atoms with E-state index in [1.165, 1.54) is 6.07 Å². The number of hydrogen-bond acceptors (Lipinski definition) is 3. The lowest BCUT2D eigenvalue weighted by atomic mass is 10.1. The summed E-state index contributed by atoms with van der Waals surface area (Å²) < 4.78 is 10.1. The Labute approximate surface area is 120 Å². The number of benzene rings is 1. The molecule has 0 N–H and O–H groups in total. The molecule has 100 valence electrons. The monoisotopic (exact) mass is 298 g/mol. The lowest BCUT2D eigenvalue weighted by Crippen LogP contribution is -2.04. The van der Waals surface area contributed by atoms with Gasteiger partial charge < -0.3 is 9.15 Å². The Bertz CT molecular complexity index is 691. The molecule has 1 aliphatic carbocycles. The van der Waals surface area contributed by atoms with E-state index >= 15 is 0 Å². The highest BCUT2D eigenvalue weighted by Gasteiger charge is 2.52. The van der Waals surface area contributed by atoms with E-state index in [1.807, 2.05) is 19.1 Å². The third-order valence-corrected chi connectivity index (χ3v) is 4.26. The van der Waals surface area contributed by atoms with Gasteiger partial charge in [0.1, 0.15) is 15.7 Å². The van der Waals surface area contributed by atoms with Gasteiger partial charge >= 0.3 is 5.63 Å². The molecule has 1 saturated carbocycles. The molecule has 1 aliphatic rings.